The summed E-state index contributed by atoms with van der Waals surface area (Å²) in [4.78, 5) is 12.4. The van der Waals surface area contributed by atoms with E-state index in [0.717, 1.165) is 16.5 Å². The van der Waals surface area contributed by atoms with E-state index in [9.17, 15) is 9.90 Å². The van der Waals surface area contributed by atoms with Crippen LogP contribution in [0.2, 0.25) is 0 Å². The third-order valence-electron chi connectivity index (χ3n) is 4.12. The summed E-state index contributed by atoms with van der Waals surface area (Å²) in [6.45, 7) is 0. The summed E-state index contributed by atoms with van der Waals surface area (Å²) in [6.07, 6.45) is 0. The number of fused-ring (bicyclic) bond motifs is 2. The van der Waals surface area contributed by atoms with Crippen LogP contribution in [0.5, 0.6) is 11.5 Å². The highest BCUT2D eigenvalue weighted by molar-refractivity contribution is 6.00. The molecule has 0 spiro atoms. The van der Waals surface area contributed by atoms with Crippen molar-refractivity contribution in [2.24, 2.45) is 0 Å². The van der Waals surface area contributed by atoms with Crippen molar-refractivity contribution in [2.45, 2.75) is 0 Å². The lowest BCUT2D eigenvalue weighted by Crippen LogP contribution is -2.02. The van der Waals surface area contributed by atoms with Crippen molar-refractivity contribution >= 4 is 21.7 Å². The Labute approximate surface area is 137 Å². The molecule has 0 atom stereocenters. The second kappa shape index (κ2) is 5.42. The predicted octanol–water partition coefficient (Wildman–Crippen LogP) is 4.33. The van der Waals surface area contributed by atoms with Crippen molar-refractivity contribution < 1.29 is 14.3 Å². The van der Waals surface area contributed by atoms with E-state index in [1.165, 1.54) is 0 Å². The fourth-order valence-corrected chi connectivity index (χ4v) is 2.96. The first-order valence-electron chi connectivity index (χ1n) is 7.51. The van der Waals surface area contributed by atoms with Gasteiger partial charge in [-0.1, -0.05) is 36.4 Å². The molecule has 0 aliphatic carbocycles. The Morgan fingerprint density at radius 1 is 0.875 bits per heavy atom. The molecule has 1 aromatic heterocycles. The minimum atomic E-state index is -0.438. The number of benzene rings is 3. The van der Waals surface area contributed by atoms with Crippen LogP contribution < -0.4 is 10.2 Å². The van der Waals surface area contributed by atoms with Gasteiger partial charge in [0.2, 0.25) is 11.2 Å². The molecule has 1 heterocycles. The van der Waals surface area contributed by atoms with Crippen molar-refractivity contribution in [3.05, 3.63) is 70.9 Å². The van der Waals surface area contributed by atoms with Crippen LogP contribution in [-0.4, -0.2) is 12.2 Å². The number of para-hydroxylation sites is 1. The second-order valence-electron chi connectivity index (χ2n) is 5.47. The summed E-state index contributed by atoms with van der Waals surface area (Å²) in [6, 6.07) is 18.1. The van der Waals surface area contributed by atoms with Gasteiger partial charge in [0.1, 0.15) is 11.3 Å². The summed E-state index contributed by atoms with van der Waals surface area (Å²) >= 11 is 0. The third-order valence-corrected chi connectivity index (χ3v) is 4.12. The van der Waals surface area contributed by atoms with E-state index >= 15 is 0 Å². The van der Waals surface area contributed by atoms with Crippen molar-refractivity contribution in [3.8, 4) is 22.8 Å². The van der Waals surface area contributed by atoms with Crippen LogP contribution in [0.3, 0.4) is 0 Å². The highest BCUT2D eigenvalue weighted by atomic mass is 16.5. The molecule has 0 radical (unpaired) electrons. The fourth-order valence-electron chi connectivity index (χ4n) is 2.96. The van der Waals surface area contributed by atoms with Gasteiger partial charge in [-0.3, -0.25) is 4.79 Å². The number of ether oxygens (including phenoxy) is 1. The first-order valence-corrected chi connectivity index (χ1v) is 7.51. The second-order valence-corrected chi connectivity index (χ2v) is 5.47. The van der Waals surface area contributed by atoms with Crippen molar-refractivity contribution in [2.75, 3.05) is 7.11 Å². The lowest BCUT2D eigenvalue weighted by molar-refractivity contribution is 0.419. The molecule has 4 rings (SSSR count). The average molecular weight is 318 g/mol. The molecule has 4 heteroatoms. The zero-order chi connectivity index (χ0) is 16.7. The molecule has 0 fully saturated rings. The van der Waals surface area contributed by atoms with Gasteiger partial charge in [-0.25, -0.2) is 0 Å². The van der Waals surface area contributed by atoms with Crippen LogP contribution in [0.25, 0.3) is 33.1 Å². The number of hydrogen-bond acceptors (Lipinski definition) is 4. The van der Waals surface area contributed by atoms with Crippen molar-refractivity contribution in [3.63, 3.8) is 0 Å². The van der Waals surface area contributed by atoms with E-state index in [2.05, 4.69) is 0 Å². The first-order chi connectivity index (χ1) is 11.7. The maximum absolute atomic E-state index is 12.4. The molecule has 4 aromatic rings. The van der Waals surface area contributed by atoms with Crippen LogP contribution in [-0.2, 0) is 0 Å². The Morgan fingerprint density at radius 2 is 1.54 bits per heavy atom. The highest BCUT2D eigenvalue weighted by Gasteiger charge is 2.18. The normalized spacial score (nSPS) is 11.0. The topological polar surface area (TPSA) is 59.7 Å². The first kappa shape index (κ1) is 14.3. The molecule has 0 aliphatic heterocycles. The molecule has 118 valence electrons. The minimum Gasteiger partial charge on any atom is -0.502 e. The van der Waals surface area contributed by atoms with Crippen LogP contribution >= 0.6 is 0 Å². The molecular weight excluding hydrogens is 304 g/mol. The Hall–Kier alpha value is -3.27. The van der Waals surface area contributed by atoms with Crippen molar-refractivity contribution in [1.82, 2.24) is 0 Å². The molecule has 0 aliphatic rings. The monoisotopic (exact) mass is 318 g/mol. The summed E-state index contributed by atoms with van der Waals surface area (Å²) in [7, 11) is 1.61. The van der Waals surface area contributed by atoms with E-state index in [0.29, 0.717) is 16.5 Å². The third kappa shape index (κ3) is 2.04. The molecule has 0 bridgehead atoms. The molecule has 0 unspecified atom stereocenters. The van der Waals surface area contributed by atoms with Crippen LogP contribution in [0.1, 0.15) is 0 Å². The largest absolute Gasteiger partial charge is 0.502 e. The van der Waals surface area contributed by atoms with Crippen LogP contribution in [0.4, 0.5) is 0 Å². The Bertz CT molecular complexity index is 1130. The van der Waals surface area contributed by atoms with Gasteiger partial charge in [-0.05, 0) is 29.7 Å². The van der Waals surface area contributed by atoms with Gasteiger partial charge in [-0.15, -0.1) is 0 Å². The maximum Gasteiger partial charge on any atom is 0.235 e. The number of rotatable bonds is 2. The molecule has 3 aromatic carbocycles. The lowest BCUT2D eigenvalue weighted by atomic mass is 10.0. The molecule has 0 amide bonds. The van der Waals surface area contributed by atoms with Gasteiger partial charge >= 0.3 is 0 Å². The SMILES string of the molecule is COc1ccc(-c2oc3ccccc3c(=O)c2O)c2ccccc12. The smallest absolute Gasteiger partial charge is 0.235 e. The van der Waals surface area contributed by atoms with Gasteiger partial charge in [0.15, 0.2) is 5.76 Å². The number of aromatic hydroxyl groups is 1. The van der Waals surface area contributed by atoms with E-state index in [-0.39, 0.29) is 11.5 Å². The van der Waals surface area contributed by atoms with Crippen LogP contribution in [0.15, 0.2) is 69.9 Å². The summed E-state index contributed by atoms with van der Waals surface area (Å²) in [5.74, 6) is 0.499. The van der Waals surface area contributed by atoms with E-state index in [4.69, 9.17) is 9.15 Å². The summed E-state index contributed by atoms with van der Waals surface area (Å²) < 4.78 is 11.2. The van der Waals surface area contributed by atoms with Crippen LogP contribution in [0, 0.1) is 0 Å². The van der Waals surface area contributed by atoms with E-state index in [1.807, 2.05) is 24.3 Å². The lowest BCUT2D eigenvalue weighted by Gasteiger charge is -2.11. The number of methoxy groups -OCH3 is 1. The van der Waals surface area contributed by atoms with Gasteiger partial charge in [0.25, 0.3) is 0 Å². The zero-order valence-corrected chi connectivity index (χ0v) is 12.9. The predicted molar refractivity (Wildman–Crippen MR) is 93.6 cm³/mol. The van der Waals surface area contributed by atoms with Gasteiger partial charge < -0.3 is 14.3 Å². The molecule has 0 saturated heterocycles. The Morgan fingerprint density at radius 3 is 2.29 bits per heavy atom. The Kier molecular flexibility index (Phi) is 3.24. The van der Waals surface area contributed by atoms with E-state index < -0.39 is 5.43 Å². The van der Waals surface area contributed by atoms with Gasteiger partial charge in [0.05, 0.1) is 12.5 Å². The van der Waals surface area contributed by atoms with Gasteiger partial charge in [-0.2, -0.15) is 0 Å². The molecule has 4 nitrogen and oxygen atoms in total. The van der Waals surface area contributed by atoms with Gasteiger partial charge in [0, 0.05) is 10.9 Å². The van der Waals surface area contributed by atoms with Crippen molar-refractivity contribution in [1.29, 1.82) is 0 Å². The van der Waals surface area contributed by atoms with E-state index in [1.54, 1.807) is 43.5 Å². The zero-order valence-electron chi connectivity index (χ0n) is 12.9. The summed E-state index contributed by atoms with van der Waals surface area (Å²) in [5, 5.41) is 12.5. The quantitative estimate of drug-likeness (QED) is 0.598. The maximum atomic E-state index is 12.4. The fraction of sp³-hybridized carbons (Fsp3) is 0.0500. The average Bonchev–Trinajstić information content (AvgIpc) is 2.64. The molecule has 0 saturated carbocycles. The standard InChI is InChI=1S/C20H14O4/c1-23-16-11-10-14(12-6-2-3-7-13(12)16)20-19(22)18(21)15-8-4-5-9-17(15)24-20/h2-11,22H,1H3. The number of hydrogen-bond donors (Lipinski definition) is 1. The minimum absolute atomic E-state index is 0.164. The summed E-state index contributed by atoms with van der Waals surface area (Å²) in [5.41, 5.74) is 0.647. The Balaban J connectivity index is 2.11. The molecule has 24 heavy (non-hydrogen) atoms. The molecular formula is C20H14O4. The highest BCUT2D eigenvalue weighted by Crippen LogP contribution is 2.38. The molecule has 1 N–H and O–H groups in total.